The Kier molecular flexibility index (Phi) is 5.30. The Labute approximate surface area is 180 Å². The summed E-state index contributed by atoms with van der Waals surface area (Å²) < 4.78 is 50.5. The molecule has 10 heteroatoms. The quantitative estimate of drug-likeness (QED) is 0.702. The third kappa shape index (κ3) is 3.66. The van der Waals surface area contributed by atoms with Crippen LogP contribution in [0.15, 0.2) is 27.5 Å². The van der Waals surface area contributed by atoms with Gasteiger partial charge in [-0.15, -0.1) is 0 Å². The maximum Gasteiger partial charge on any atom is 0.290 e. The molecule has 3 aliphatic rings. The van der Waals surface area contributed by atoms with Gasteiger partial charge in [0.2, 0.25) is 10.0 Å². The second-order valence-corrected chi connectivity index (χ2v) is 10.1. The highest BCUT2D eigenvalue weighted by Gasteiger charge is 2.42. The number of sulfonamides is 1. The first-order valence-corrected chi connectivity index (χ1v) is 12.0. The number of nitrogens with zero attached hydrogens (tertiary/aromatic N) is 2. The summed E-state index contributed by atoms with van der Waals surface area (Å²) in [6.45, 7) is 5.59. The molecule has 0 N–H and O–H groups in total. The van der Waals surface area contributed by atoms with Gasteiger partial charge in [0.25, 0.3) is 5.91 Å². The van der Waals surface area contributed by atoms with Crippen LogP contribution >= 0.6 is 0 Å². The summed E-state index contributed by atoms with van der Waals surface area (Å²) in [6, 6.07) is 4.77. The fourth-order valence-corrected chi connectivity index (χ4v) is 5.94. The highest BCUT2D eigenvalue weighted by atomic mass is 32.2. The number of benzene rings is 1. The summed E-state index contributed by atoms with van der Waals surface area (Å²) in [4.78, 5) is 14.8. The summed E-state index contributed by atoms with van der Waals surface area (Å²) in [6.07, 6.45) is 1.02. The van der Waals surface area contributed by atoms with Gasteiger partial charge < -0.3 is 23.5 Å². The van der Waals surface area contributed by atoms with Gasteiger partial charge in [-0.2, -0.15) is 4.31 Å². The molecule has 0 radical (unpaired) electrons. The highest BCUT2D eigenvalue weighted by molar-refractivity contribution is 7.89. The highest BCUT2D eigenvalue weighted by Crippen LogP contribution is 2.35. The second kappa shape index (κ2) is 7.86. The van der Waals surface area contributed by atoms with Crippen molar-refractivity contribution in [1.82, 2.24) is 9.21 Å². The third-order valence-electron chi connectivity index (χ3n) is 6.34. The van der Waals surface area contributed by atoms with Crippen LogP contribution in [0.25, 0.3) is 11.0 Å². The molecule has 1 aromatic carbocycles. The predicted molar refractivity (Wildman–Crippen MR) is 110 cm³/mol. The Morgan fingerprint density at radius 3 is 2.35 bits per heavy atom. The zero-order chi connectivity index (χ0) is 21.6. The lowest BCUT2D eigenvalue weighted by atomic mass is 10.1. The molecule has 4 heterocycles. The van der Waals surface area contributed by atoms with Crippen LogP contribution in [-0.4, -0.2) is 81.9 Å². The largest absolute Gasteiger partial charge is 0.451 e. The van der Waals surface area contributed by atoms with E-state index in [0.717, 1.165) is 0 Å². The van der Waals surface area contributed by atoms with E-state index in [-0.39, 0.29) is 16.6 Å². The summed E-state index contributed by atoms with van der Waals surface area (Å²) in [7, 11) is -3.68. The van der Waals surface area contributed by atoms with Gasteiger partial charge in [0, 0.05) is 50.0 Å². The van der Waals surface area contributed by atoms with Crippen molar-refractivity contribution in [3.8, 4) is 0 Å². The van der Waals surface area contributed by atoms with Gasteiger partial charge in [-0.3, -0.25) is 4.79 Å². The lowest BCUT2D eigenvalue weighted by Crippen LogP contribution is -2.47. The summed E-state index contributed by atoms with van der Waals surface area (Å²) in [5.41, 5.74) is 1.15. The average molecular weight is 451 g/mol. The van der Waals surface area contributed by atoms with E-state index in [4.69, 9.17) is 18.6 Å². The first-order valence-electron chi connectivity index (χ1n) is 10.6. The fraction of sp³-hybridized carbons (Fsp3) is 0.571. The van der Waals surface area contributed by atoms with Gasteiger partial charge in [-0.05, 0) is 25.1 Å². The number of furan rings is 1. The van der Waals surface area contributed by atoms with E-state index in [9.17, 15) is 13.2 Å². The summed E-state index contributed by atoms with van der Waals surface area (Å²) in [5.74, 6) is -0.576. The van der Waals surface area contributed by atoms with Crippen molar-refractivity contribution in [2.45, 2.75) is 30.4 Å². The van der Waals surface area contributed by atoms with Crippen LogP contribution in [0, 0.1) is 6.92 Å². The minimum absolute atomic E-state index is 0.193. The van der Waals surface area contributed by atoms with E-state index in [1.165, 1.54) is 10.4 Å². The van der Waals surface area contributed by atoms with Gasteiger partial charge >= 0.3 is 0 Å². The van der Waals surface area contributed by atoms with Crippen LogP contribution in [0.3, 0.4) is 0 Å². The number of amides is 1. The number of rotatable bonds is 3. The molecule has 2 aromatic rings. The van der Waals surface area contributed by atoms with Crippen LogP contribution < -0.4 is 0 Å². The van der Waals surface area contributed by atoms with E-state index in [2.05, 4.69) is 0 Å². The van der Waals surface area contributed by atoms with Gasteiger partial charge in [-0.25, -0.2) is 8.42 Å². The standard InChI is InChI=1S/C21H26N2O7S/c1-15-17-14-16(31(25,26)23-6-4-21(5-7-23)28-12-13-29-21)2-3-18(17)30-19(15)20(24)22-8-10-27-11-9-22/h2-3,14H,4-13H2,1H3. The monoisotopic (exact) mass is 450 g/mol. The Morgan fingerprint density at radius 1 is 1.00 bits per heavy atom. The van der Waals surface area contributed by atoms with Crippen molar-refractivity contribution in [2.24, 2.45) is 0 Å². The van der Waals surface area contributed by atoms with Crippen molar-refractivity contribution in [2.75, 3.05) is 52.6 Å². The molecule has 1 aromatic heterocycles. The Bertz CT molecular complexity index is 1090. The van der Waals surface area contributed by atoms with Gasteiger partial charge in [0.05, 0.1) is 31.3 Å². The summed E-state index contributed by atoms with van der Waals surface area (Å²) >= 11 is 0. The molecule has 1 amide bonds. The van der Waals surface area contributed by atoms with E-state index >= 15 is 0 Å². The van der Waals surface area contributed by atoms with Crippen LogP contribution in [0.2, 0.25) is 0 Å². The molecule has 0 saturated carbocycles. The molecular formula is C21H26N2O7S. The van der Waals surface area contributed by atoms with Crippen LogP contribution in [-0.2, 0) is 24.2 Å². The maximum absolute atomic E-state index is 13.3. The number of hydrogen-bond donors (Lipinski definition) is 0. The number of carbonyl (C=O) groups excluding carboxylic acids is 1. The molecule has 9 nitrogen and oxygen atoms in total. The van der Waals surface area contributed by atoms with Crippen LogP contribution in [0.5, 0.6) is 0 Å². The third-order valence-corrected chi connectivity index (χ3v) is 8.23. The molecule has 5 rings (SSSR count). The molecule has 3 saturated heterocycles. The molecule has 31 heavy (non-hydrogen) atoms. The van der Waals surface area contributed by atoms with Crippen molar-refractivity contribution < 1.29 is 31.8 Å². The topological polar surface area (TPSA) is 98.5 Å². The number of fused-ring (bicyclic) bond motifs is 1. The minimum atomic E-state index is -3.68. The summed E-state index contributed by atoms with van der Waals surface area (Å²) in [5, 5.41) is 0.633. The Morgan fingerprint density at radius 2 is 1.68 bits per heavy atom. The molecule has 3 aliphatic heterocycles. The maximum atomic E-state index is 13.3. The van der Waals surface area contributed by atoms with Gasteiger partial charge in [0.1, 0.15) is 5.58 Å². The molecule has 1 spiro atoms. The normalized spacial score (nSPS) is 22.4. The van der Waals surface area contributed by atoms with Gasteiger partial charge in [0.15, 0.2) is 11.5 Å². The zero-order valence-electron chi connectivity index (χ0n) is 17.5. The smallest absolute Gasteiger partial charge is 0.290 e. The number of piperidine rings is 1. The molecule has 0 aliphatic carbocycles. The van der Waals surface area contributed by atoms with Crippen LogP contribution in [0.1, 0.15) is 29.0 Å². The second-order valence-electron chi connectivity index (χ2n) is 8.13. The zero-order valence-corrected chi connectivity index (χ0v) is 18.3. The first-order chi connectivity index (χ1) is 14.9. The molecule has 0 atom stereocenters. The molecule has 168 valence electrons. The number of aryl methyl sites for hydroxylation is 1. The number of hydrogen-bond acceptors (Lipinski definition) is 7. The molecule has 0 bridgehead atoms. The van der Waals surface area contributed by atoms with E-state index < -0.39 is 15.8 Å². The molecular weight excluding hydrogens is 424 g/mol. The molecule has 3 fully saturated rings. The number of morpholine rings is 1. The van der Waals surface area contributed by atoms with E-state index in [1.54, 1.807) is 24.0 Å². The number of ether oxygens (including phenoxy) is 3. The fourth-order valence-electron chi connectivity index (χ4n) is 4.48. The van der Waals surface area contributed by atoms with Crippen molar-refractivity contribution in [3.05, 3.63) is 29.5 Å². The van der Waals surface area contributed by atoms with Crippen molar-refractivity contribution >= 4 is 26.9 Å². The van der Waals surface area contributed by atoms with Gasteiger partial charge in [-0.1, -0.05) is 0 Å². The SMILES string of the molecule is Cc1c(C(=O)N2CCOCC2)oc2ccc(S(=O)(=O)N3CCC4(CC3)OCCO4)cc12. The first kappa shape index (κ1) is 20.9. The minimum Gasteiger partial charge on any atom is -0.451 e. The van der Waals surface area contributed by atoms with E-state index in [1.807, 2.05) is 0 Å². The Balaban J connectivity index is 1.40. The Hall–Kier alpha value is -1.98. The van der Waals surface area contributed by atoms with Crippen molar-refractivity contribution in [3.63, 3.8) is 0 Å². The number of carbonyl (C=O) groups is 1. The van der Waals surface area contributed by atoms with E-state index in [0.29, 0.717) is 82.0 Å². The van der Waals surface area contributed by atoms with Crippen molar-refractivity contribution in [1.29, 1.82) is 0 Å². The molecule has 0 unspecified atom stereocenters. The average Bonchev–Trinajstić information content (AvgIpc) is 3.38. The van der Waals surface area contributed by atoms with Crippen LogP contribution in [0.4, 0.5) is 0 Å². The lowest BCUT2D eigenvalue weighted by Gasteiger charge is -2.36. The lowest BCUT2D eigenvalue weighted by molar-refractivity contribution is -0.179. The predicted octanol–water partition coefficient (Wildman–Crippen LogP) is 1.74.